The maximum atomic E-state index is 4.40. The standard InChI is InChI=1S/C27H24N4/c1-20-7-3-11-24(15-20)28-30-26-13-5-9-22(18-26)17-23-10-6-14-27(19-23)31-29-25-12-4-8-21(2)16-25/h3-16,18-19H,17H2,1-2H3. The lowest BCUT2D eigenvalue weighted by atomic mass is 10.0. The molecule has 4 rings (SSSR count). The lowest BCUT2D eigenvalue weighted by Gasteiger charge is -2.04. The summed E-state index contributed by atoms with van der Waals surface area (Å²) in [5.74, 6) is 0. The zero-order chi connectivity index (χ0) is 21.5. The fourth-order valence-corrected chi connectivity index (χ4v) is 3.30. The van der Waals surface area contributed by atoms with Crippen LogP contribution < -0.4 is 0 Å². The molecule has 4 aromatic carbocycles. The summed E-state index contributed by atoms with van der Waals surface area (Å²) in [4.78, 5) is 0. The lowest BCUT2D eigenvalue weighted by Crippen LogP contribution is -1.87. The molecule has 0 N–H and O–H groups in total. The van der Waals surface area contributed by atoms with Gasteiger partial charge in [0, 0.05) is 0 Å². The molecule has 0 aromatic heterocycles. The van der Waals surface area contributed by atoms with E-state index in [1.165, 1.54) is 22.3 Å². The highest BCUT2D eigenvalue weighted by Gasteiger charge is 2.01. The minimum atomic E-state index is 0.793. The van der Waals surface area contributed by atoms with E-state index < -0.39 is 0 Å². The van der Waals surface area contributed by atoms with Crippen LogP contribution in [0.15, 0.2) is 118 Å². The van der Waals surface area contributed by atoms with Gasteiger partial charge in [-0.25, -0.2) is 0 Å². The summed E-state index contributed by atoms with van der Waals surface area (Å²) in [6, 6.07) is 32.3. The summed E-state index contributed by atoms with van der Waals surface area (Å²) in [6.07, 6.45) is 0.793. The molecule has 31 heavy (non-hydrogen) atoms. The fourth-order valence-electron chi connectivity index (χ4n) is 3.30. The van der Waals surface area contributed by atoms with Crippen LogP contribution in [0.3, 0.4) is 0 Å². The summed E-state index contributed by atoms with van der Waals surface area (Å²) >= 11 is 0. The molecule has 4 nitrogen and oxygen atoms in total. The van der Waals surface area contributed by atoms with E-state index in [0.29, 0.717) is 0 Å². The molecule has 0 heterocycles. The van der Waals surface area contributed by atoms with Crippen molar-refractivity contribution < 1.29 is 0 Å². The van der Waals surface area contributed by atoms with Crippen molar-refractivity contribution >= 4 is 22.7 Å². The molecule has 0 unspecified atom stereocenters. The highest BCUT2D eigenvalue weighted by Crippen LogP contribution is 2.24. The second kappa shape index (κ2) is 9.72. The van der Waals surface area contributed by atoms with Gasteiger partial charge < -0.3 is 0 Å². The minimum Gasteiger partial charge on any atom is -0.151 e. The molecule has 0 radical (unpaired) electrons. The van der Waals surface area contributed by atoms with Gasteiger partial charge in [-0.1, -0.05) is 48.5 Å². The Morgan fingerprint density at radius 3 is 1.19 bits per heavy atom. The third-order valence-electron chi connectivity index (χ3n) is 4.79. The third-order valence-corrected chi connectivity index (χ3v) is 4.79. The molecule has 0 aliphatic heterocycles. The maximum Gasteiger partial charge on any atom is 0.0859 e. The van der Waals surface area contributed by atoms with Crippen LogP contribution in [0.5, 0.6) is 0 Å². The lowest BCUT2D eigenvalue weighted by molar-refractivity contribution is 1.16. The maximum absolute atomic E-state index is 4.40. The molecule has 0 aliphatic carbocycles. The molecule has 0 amide bonds. The van der Waals surface area contributed by atoms with Gasteiger partial charge in [-0.2, -0.15) is 20.5 Å². The SMILES string of the molecule is Cc1cccc(N=Nc2cccc(Cc3cccc(N=Nc4cccc(C)c4)c3)c2)c1. The quantitative estimate of drug-likeness (QED) is 0.288. The average molecular weight is 405 g/mol. The van der Waals surface area contributed by atoms with Gasteiger partial charge in [0.05, 0.1) is 22.7 Å². The highest BCUT2D eigenvalue weighted by molar-refractivity contribution is 5.46. The second-order valence-corrected chi connectivity index (χ2v) is 7.59. The molecule has 152 valence electrons. The molecular formula is C27H24N4. The van der Waals surface area contributed by atoms with Crippen molar-refractivity contribution in [3.05, 3.63) is 119 Å². The third kappa shape index (κ3) is 6.03. The van der Waals surface area contributed by atoms with E-state index >= 15 is 0 Å². The second-order valence-electron chi connectivity index (χ2n) is 7.59. The highest BCUT2D eigenvalue weighted by atomic mass is 15.1. The van der Waals surface area contributed by atoms with Gasteiger partial charge in [-0.15, -0.1) is 0 Å². The van der Waals surface area contributed by atoms with E-state index in [0.717, 1.165) is 29.2 Å². The first-order valence-electron chi connectivity index (χ1n) is 10.3. The summed E-state index contributed by atoms with van der Waals surface area (Å²) in [5, 5.41) is 17.5. The first-order valence-corrected chi connectivity index (χ1v) is 10.3. The molecule has 4 heteroatoms. The van der Waals surface area contributed by atoms with Crippen LogP contribution in [0, 0.1) is 13.8 Å². The summed E-state index contributed by atoms with van der Waals surface area (Å²) < 4.78 is 0. The number of benzene rings is 4. The van der Waals surface area contributed by atoms with Crippen LogP contribution in [-0.2, 0) is 6.42 Å². The van der Waals surface area contributed by atoms with Gasteiger partial charge >= 0.3 is 0 Å². The Hall–Kier alpha value is -3.92. The molecule has 0 saturated carbocycles. The predicted octanol–water partition coefficient (Wildman–Crippen LogP) is 8.73. The Morgan fingerprint density at radius 2 is 0.806 bits per heavy atom. The van der Waals surface area contributed by atoms with Crippen molar-refractivity contribution in [3.63, 3.8) is 0 Å². The van der Waals surface area contributed by atoms with E-state index in [4.69, 9.17) is 0 Å². The van der Waals surface area contributed by atoms with Gasteiger partial charge in [-0.05, 0) is 91.1 Å². The molecule has 0 fully saturated rings. The Labute approximate surface area is 183 Å². The van der Waals surface area contributed by atoms with E-state index in [1.807, 2.05) is 86.6 Å². The van der Waals surface area contributed by atoms with Crippen molar-refractivity contribution in [2.45, 2.75) is 20.3 Å². The van der Waals surface area contributed by atoms with Crippen molar-refractivity contribution in [2.75, 3.05) is 0 Å². The summed E-state index contributed by atoms with van der Waals surface area (Å²) in [6.45, 7) is 4.10. The number of azo groups is 2. The molecule has 0 aliphatic rings. The molecule has 0 bridgehead atoms. The first-order chi connectivity index (χ1) is 15.1. The van der Waals surface area contributed by atoms with Crippen LogP contribution in [0.4, 0.5) is 22.7 Å². The fraction of sp³-hybridized carbons (Fsp3) is 0.111. The average Bonchev–Trinajstić information content (AvgIpc) is 2.77. The first kappa shape index (κ1) is 20.4. The van der Waals surface area contributed by atoms with Crippen molar-refractivity contribution in [1.82, 2.24) is 0 Å². The van der Waals surface area contributed by atoms with Crippen LogP contribution in [0.25, 0.3) is 0 Å². The minimum absolute atomic E-state index is 0.793. The molecule has 0 spiro atoms. The number of rotatable bonds is 6. The largest absolute Gasteiger partial charge is 0.151 e. The summed E-state index contributed by atoms with van der Waals surface area (Å²) in [5.41, 5.74) is 8.09. The Kier molecular flexibility index (Phi) is 6.38. The van der Waals surface area contributed by atoms with E-state index in [1.54, 1.807) is 0 Å². The van der Waals surface area contributed by atoms with Gasteiger partial charge in [0.15, 0.2) is 0 Å². The van der Waals surface area contributed by atoms with Crippen LogP contribution in [0.2, 0.25) is 0 Å². The van der Waals surface area contributed by atoms with Gasteiger partial charge in [-0.3, -0.25) is 0 Å². The Balaban J connectivity index is 1.47. The van der Waals surface area contributed by atoms with Crippen LogP contribution >= 0.6 is 0 Å². The number of hydrogen-bond donors (Lipinski definition) is 0. The molecule has 4 aromatic rings. The van der Waals surface area contributed by atoms with Crippen LogP contribution in [0.1, 0.15) is 22.3 Å². The zero-order valence-corrected chi connectivity index (χ0v) is 17.7. The Morgan fingerprint density at radius 1 is 0.452 bits per heavy atom. The number of aryl methyl sites for hydroxylation is 2. The molecular weight excluding hydrogens is 380 g/mol. The number of hydrogen-bond acceptors (Lipinski definition) is 4. The van der Waals surface area contributed by atoms with Crippen LogP contribution in [-0.4, -0.2) is 0 Å². The van der Waals surface area contributed by atoms with Gasteiger partial charge in [0.1, 0.15) is 0 Å². The Bertz CT molecular complexity index is 1140. The van der Waals surface area contributed by atoms with Gasteiger partial charge in [0.25, 0.3) is 0 Å². The van der Waals surface area contributed by atoms with Gasteiger partial charge in [0.2, 0.25) is 0 Å². The topological polar surface area (TPSA) is 49.4 Å². The monoisotopic (exact) mass is 404 g/mol. The molecule has 0 atom stereocenters. The van der Waals surface area contributed by atoms with Crippen molar-refractivity contribution in [2.24, 2.45) is 20.5 Å². The summed E-state index contributed by atoms with van der Waals surface area (Å²) in [7, 11) is 0. The van der Waals surface area contributed by atoms with Crippen molar-refractivity contribution in [1.29, 1.82) is 0 Å². The van der Waals surface area contributed by atoms with Crippen molar-refractivity contribution in [3.8, 4) is 0 Å². The molecule has 0 saturated heterocycles. The van der Waals surface area contributed by atoms with E-state index in [2.05, 4.69) is 44.7 Å². The predicted molar refractivity (Wildman–Crippen MR) is 126 cm³/mol. The van der Waals surface area contributed by atoms with E-state index in [9.17, 15) is 0 Å². The zero-order valence-electron chi connectivity index (χ0n) is 17.7. The smallest absolute Gasteiger partial charge is 0.0859 e. The van der Waals surface area contributed by atoms with E-state index in [-0.39, 0.29) is 0 Å². The number of nitrogens with zero attached hydrogens (tertiary/aromatic N) is 4. The normalized spacial score (nSPS) is 11.4.